The fourth-order valence-electron chi connectivity index (χ4n) is 4.11. The molecule has 0 spiro atoms. The van der Waals surface area contributed by atoms with Crippen molar-refractivity contribution in [3.8, 4) is 0 Å². The predicted molar refractivity (Wildman–Crippen MR) is 112 cm³/mol. The van der Waals surface area contributed by atoms with Crippen molar-refractivity contribution in [3.63, 3.8) is 0 Å². The molecule has 1 saturated heterocycles. The summed E-state index contributed by atoms with van der Waals surface area (Å²) in [6.45, 7) is 10.1. The zero-order valence-electron chi connectivity index (χ0n) is 19.0. The van der Waals surface area contributed by atoms with E-state index < -0.39 is 18.3 Å². The molecule has 1 fully saturated rings. The monoisotopic (exact) mass is 414 g/mol. The Bertz CT molecular complexity index is 468. The van der Waals surface area contributed by atoms with Crippen LogP contribution in [0.4, 0.5) is 0 Å². The van der Waals surface area contributed by atoms with Crippen molar-refractivity contribution in [3.05, 3.63) is 0 Å². The molecule has 4 atom stereocenters. The number of aliphatic hydroxyl groups excluding tert-OH is 1. The van der Waals surface area contributed by atoms with Crippen molar-refractivity contribution in [2.45, 2.75) is 117 Å². The first kappa shape index (κ1) is 25.9. The van der Waals surface area contributed by atoms with Crippen LogP contribution in [-0.4, -0.2) is 48.1 Å². The van der Waals surface area contributed by atoms with Gasteiger partial charge in [-0.05, 0) is 32.6 Å². The minimum Gasteiger partial charge on any atom is -0.463 e. The number of carbonyl (C=O) groups excluding carboxylic acids is 2. The normalized spacial score (nSPS) is 24.7. The van der Waals surface area contributed by atoms with Gasteiger partial charge >= 0.3 is 11.9 Å². The van der Waals surface area contributed by atoms with Gasteiger partial charge in [0, 0.05) is 6.42 Å². The van der Waals surface area contributed by atoms with E-state index in [0.29, 0.717) is 6.42 Å². The third kappa shape index (κ3) is 8.63. The van der Waals surface area contributed by atoms with E-state index in [1.54, 1.807) is 0 Å². The molecule has 1 rings (SSSR count). The van der Waals surface area contributed by atoms with Crippen LogP contribution in [0.5, 0.6) is 0 Å². The lowest BCUT2D eigenvalue weighted by molar-refractivity contribution is -0.208. The van der Waals surface area contributed by atoms with Gasteiger partial charge in [0.15, 0.2) is 6.10 Å². The fourth-order valence-corrected chi connectivity index (χ4v) is 4.11. The lowest BCUT2D eigenvalue weighted by Crippen LogP contribution is -2.52. The Morgan fingerprint density at radius 1 is 0.931 bits per heavy atom. The summed E-state index contributed by atoms with van der Waals surface area (Å²) in [6, 6.07) is 0. The van der Waals surface area contributed by atoms with E-state index in [-0.39, 0.29) is 36.5 Å². The highest BCUT2D eigenvalue weighted by Gasteiger charge is 2.41. The second-order valence-corrected chi connectivity index (χ2v) is 8.37. The molecule has 1 N–H and O–H groups in total. The molecule has 0 radical (unpaired) electrons. The molecule has 0 aromatic heterocycles. The zero-order chi connectivity index (χ0) is 21.8. The number of rotatable bonds is 13. The highest BCUT2D eigenvalue weighted by molar-refractivity contribution is 5.73. The second kappa shape index (κ2) is 14.0. The lowest BCUT2D eigenvalue weighted by Gasteiger charge is -2.38. The van der Waals surface area contributed by atoms with Crippen LogP contribution < -0.4 is 0 Å². The Morgan fingerprint density at radius 3 is 1.90 bits per heavy atom. The van der Waals surface area contributed by atoms with Crippen LogP contribution in [0, 0.1) is 11.8 Å². The Labute approximate surface area is 176 Å². The summed E-state index contributed by atoms with van der Waals surface area (Å²) in [5, 5.41) is 10.5. The van der Waals surface area contributed by atoms with Crippen molar-refractivity contribution in [1.29, 1.82) is 0 Å². The molecular formula is C23H42O6. The Morgan fingerprint density at radius 2 is 1.41 bits per heavy atom. The molecular weight excluding hydrogens is 372 g/mol. The number of hydrogen-bond acceptors (Lipinski definition) is 6. The molecule has 170 valence electrons. The standard InChI is InChI=1S/C23H42O6/c1-6-10-17(11-7-2)22(25)27-15-20-21(19(24)14-16(5)28-20)29-23(26)18(12-8-3)13-9-4/h16-21,24H,6-15H2,1-5H3. The summed E-state index contributed by atoms with van der Waals surface area (Å²) in [5.41, 5.74) is 0. The number of esters is 2. The van der Waals surface area contributed by atoms with E-state index >= 15 is 0 Å². The molecule has 0 amide bonds. The molecule has 1 aliphatic heterocycles. The molecule has 0 aliphatic carbocycles. The lowest BCUT2D eigenvalue weighted by atomic mass is 9.96. The van der Waals surface area contributed by atoms with E-state index in [0.717, 1.165) is 51.4 Å². The molecule has 0 bridgehead atoms. The van der Waals surface area contributed by atoms with Gasteiger partial charge in [-0.1, -0.05) is 53.4 Å². The first-order chi connectivity index (χ1) is 13.9. The Kier molecular flexibility index (Phi) is 12.5. The molecule has 0 saturated carbocycles. The zero-order valence-corrected chi connectivity index (χ0v) is 19.0. The van der Waals surface area contributed by atoms with Crippen LogP contribution in [0.15, 0.2) is 0 Å². The van der Waals surface area contributed by atoms with Crippen LogP contribution in [0.2, 0.25) is 0 Å². The van der Waals surface area contributed by atoms with Crippen LogP contribution >= 0.6 is 0 Å². The number of ether oxygens (including phenoxy) is 3. The van der Waals surface area contributed by atoms with Gasteiger partial charge in [0.1, 0.15) is 12.7 Å². The Hall–Kier alpha value is -1.14. The topological polar surface area (TPSA) is 82.1 Å². The maximum Gasteiger partial charge on any atom is 0.309 e. The van der Waals surface area contributed by atoms with Gasteiger partial charge in [0.2, 0.25) is 0 Å². The van der Waals surface area contributed by atoms with Crippen LogP contribution in [0.1, 0.15) is 92.4 Å². The average molecular weight is 415 g/mol. The largest absolute Gasteiger partial charge is 0.463 e. The van der Waals surface area contributed by atoms with Crippen molar-refractivity contribution in [2.24, 2.45) is 11.8 Å². The van der Waals surface area contributed by atoms with E-state index in [1.807, 2.05) is 20.8 Å². The van der Waals surface area contributed by atoms with Gasteiger partial charge in [-0.3, -0.25) is 9.59 Å². The van der Waals surface area contributed by atoms with Gasteiger partial charge in [-0.2, -0.15) is 0 Å². The summed E-state index contributed by atoms with van der Waals surface area (Å²) in [4.78, 5) is 25.2. The first-order valence-corrected chi connectivity index (χ1v) is 11.6. The number of carbonyl (C=O) groups is 2. The maximum absolute atomic E-state index is 12.7. The predicted octanol–water partition coefficient (Wildman–Crippen LogP) is 4.41. The smallest absolute Gasteiger partial charge is 0.309 e. The summed E-state index contributed by atoms with van der Waals surface area (Å²) >= 11 is 0. The third-order valence-electron chi connectivity index (χ3n) is 5.58. The van der Waals surface area contributed by atoms with Crippen molar-refractivity contribution in [1.82, 2.24) is 0 Å². The molecule has 1 heterocycles. The fraction of sp³-hybridized carbons (Fsp3) is 0.913. The second-order valence-electron chi connectivity index (χ2n) is 8.37. The van der Waals surface area contributed by atoms with E-state index in [4.69, 9.17) is 14.2 Å². The molecule has 6 heteroatoms. The Balaban J connectivity index is 2.77. The van der Waals surface area contributed by atoms with E-state index in [1.165, 1.54) is 0 Å². The van der Waals surface area contributed by atoms with Crippen LogP contribution in [0.25, 0.3) is 0 Å². The van der Waals surface area contributed by atoms with Gasteiger partial charge in [0.05, 0.1) is 24.0 Å². The summed E-state index contributed by atoms with van der Waals surface area (Å²) in [7, 11) is 0. The average Bonchev–Trinajstić information content (AvgIpc) is 2.67. The molecule has 1 aliphatic rings. The van der Waals surface area contributed by atoms with Gasteiger partial charge in [-0.15, -0.1) is 0 Å². The number of aliphatic hydroxyl groups is 1. The summed E-state index contributed by atoms with van der Waals surface area (Å²) in [6.07, 6.45) is 4.70. The van der Waals surface area contributed by atoms with E-state index in [9.17, 15) is 14.7 Å². The van der Waals surface area contributed by atoms with Crippen molar-refractivity contribution in [2.75, 3.05) is 6.61 Å². The van der Waals surface area contributed by atoms with E-state index in [2.05, 4.69) is 13.8 Å². The molecule has 29 heavy (non-hydrogen) atoms. The quantitative estimate of drug-likeness (QED) is 0.450. The minimum atomic E-state index is -0.822. The van der Waals surface area contributed by atoms with Crippen molar-refractivity contribution >= 4 is 11.9 Å². The summed E-state index contributed by atoms with van der Waals surface area (Å²) in [5.74, 6) is -0.805. The minimum absolute atomic E-state index is 0.00562. The molecule has 6 nitrogen and oxygen atoms in total. The molecule has 0 aromatic carbocycles. The van der Waals surface area contributed by atoms with Crippen LogP contribution in [0.3, 0.4) is 0 Å². The van der Waals surface area contributed by atoms with Crippen molar-refractivity contribution < 1.29 is 28.9 Å². The number of hydrogen-bond donors (Lipinski definition) is 1. The highest BCUT2D eigenvalue weighted by Crippen LogP contribution is 2.26. The van der Waals surface area contributed by atoms with Gasteiger partial charge in [-0.25, -0.2) is 0 Å². The van der Waals surface area contributed by atoms with Gasteiger partial charge in [0.25, 0.3) is 0 Å². The molecule has 4 unspecified atom stereocenters. The third-order valence-corrected chi connectivity index (χ3v) is 5.58. The van der Waals surface area contributed by atoms with Gasteiger partial charge < -0.3 is 19.3 Å². The highest BCUT2D eigenvalue weighted by atomic mass is 16.6. The molecule has 0 aromatic rings. The first-order valence-electron chi connectivity index (χ1n) is 11.6. The van der Waals surface area contributed by atoms with Crippen LogP contribution in [-0.2, 0) is 23.8 Å². The SMILES string of the molecule is CCCC(CCC)C(=O)OCC1OC(C)CC(O)C1OC(=O)C(CCC)CCC. The summed E-state index contributed by atoms with van der Waals surface area (Å²) < 4.78 is 17.2. The maximum atomic E-state index is 12.7.